The first-order valence-electron chi connectivity index (χ1n) is 4.64. The van der Waals surface area contributed by atoms with E-state index < -0.39 is 0 Å². The summed E-state index contributed by atoms with van der Waals surface area (Å²) in [4.78, 5) is 17.9. The van der Waals surface area contributed by atoms with Crippen LogP contribution in [0.25, 0.3) is 0 Å². The molecule has 5 heteroatoms. The Kier molecular flexibility index (Phi) is 3.14. The van der Waals surface area contributed by atoms with Gasteiger partial charge in [-0.1, -0.05) is 18.2 Å². The molecule has 0 aliphatic rings. The molecular formula is C11H8BrFN2O. The molecule has 3 nitrogen and oxygen atoms in total. The van der Waals surface area contributed by atoms with Gasteiger partial charge in [0.15, 0.2) is 0 Å². The quantitative estimate of drug-likeness (QED) is 0.919. The van der Waals surface area contributed by atoms with Crippen molar-refractivity contribution in [2.45, 2.75) is 6.42 Å². The zero-order valence-electron chi connectivity index (χ0n) is 8.21. The second-order valence-corrected chi connectivity index (χ2v) is 4.13. The van der Waals surface area contributed by atoms with Crippen molar-refractivity contribution in [1.29, 1.82) is 0 Å². The summed E-state index contributed by atoms with van der Waals surface area (Å²) < 4.78 is 13.7. The summed E-state index contributed by atoms with van der Waals surface area (Å²) in [5.41, 5.74) is 0.245. The van der Waals surface area contributed by atoms with Gasteiger partial charge in [-0.05, 0) is 27.6 Å². The first-order chi connectivity index (χ1) is 7.66. The van der Waals surface area contributed by atoms with Gasteiger partial charge in [0.25, 0.3) is 5.56 Å². The Bertz CT molecular complexity index is 568. The molecule has 0 atom stereocenters. The van der Waals surface area contributed by atoms with Crippen LogP contribution in [0.5, 0.6) is 0 Å². The second kappa shape index (κ2) is 4.57. The molecule has 2 aromatic rings. The lowest BCUT2D eigenvalue weighted by atomic mass is 10.1. The molecule has 0 unspecified atom stereocenters. The molecule has 0 saturated carbocycles. The van der Waals surface area contributed by atoms with Crippen LogP contribution in [0, 0.1) is 5.82 Å². The summed E-state index contributed by atoms with van der Waals surface area (Å²) >= 11 is 3.05. The topological polar surface area (TPSA) is 45.8 Å². The van der Waals surface area contributed by atoms with Gasteiger partial charge in [0.2, 0.25) is 0 Å². The Labute approximate surface area is 99.5 Å². The van der Waals surface area contributed by atoms with E-state index in [1.165, 1.54) is 12.3 Å². The molecule has 0 radical (unpaired) electrons. The molecule has 1 N–H and O–H groups in total. The van der Waals surface area contributed by atoms with Crippen molar-refractivity contribution in [3.63, 3.8) is 0 Å². The van der Waals surface area contributed by atoms with Gasteiger partial charge in [-0.2, -0.15) is 0 Å². The van der Waals surface area contributed by atoms with Gasteiger partial charge in [0.1, 0.15) is 16.1 Å². The first-order valence-corrected chi connectivity index (χ1v) is 5.43. The number of H-pyrrole nitrogens is 1. The highest BCUT2D eigenvalue weighted by molar-refractivity contribution is 9.10. The normalized spacial score (nSPS) is 10.4. The van der Waals surface area contributed by atoms with Crippen LogP contribution in [0.2, 0.25) is 0 Å². The number of benzene rings is 1. The molecule has 0 amide bonds. The largest absolute Gasteiger partial charge is 0.309 e. The van der Waals surface area contributed by atoms with E-state index in [0.717, 1.165) is 0 Å². The van der Waals surface area contributed by atoms with Crippen LogP contribution in [0.4, 0.5) is 4.39 Å². The molecule has 1 heterocycles. The molecule has 0 bridgehead atoms. The van der Waals surface area contributed by atoms with Gasteiger partial charge in [-0.15, -0.1) is 0 Å². The summed E-state index contributed by atoms with van der Waals surface area (Å²) in [7, 11) is 0. The molecule has 0 saturated heterocycles. The molecule has 82 valence electrons. The van der Waals surface area contributed by atoms with Gasteiger partial charge in [0, 0.05) is 12.6 Å². The molecule has 1 aromatic heterocycles. The summed E-state index contributed by atoms with van der Waals surface area (Å²) in [6.45, 7) is 0. The SMILES string of the molecule is O=c1[nH]c(Cc2ccccc2F)ncc1Br. The van der Waals surface area contributed by atoms with E-state index in [9.17, 15) is 9.18 Å². The molecule has 2 rings (SSSR count). The van der Waals surface area contributed by atoms with Gasteiger partial charge >= 0.3 is 0 Å². The average Bonchev–Trinajstić information content (AvgIpc) is 2.27. The van der Waals surface area contributed by atoms with Crippen molar-refractivity contribution in [1.82, 2.24) is 9.97 Å². The van der Waals surface area contributed by atoms with E-state index in [1.54, 1.807) is 18.2 Å². The fourth-order valence-corrected chi connectivity index (χ4v) is 1.53. The van der Waals surface area contributed by atoms with Crippen molar-refractivity contribution >= 4 is 15.9 Å². The van der Waals surface area contributed by atoms with E-state index in [1.807, 2.05) is 0 Å². The van der Waals surface area contributed by atoms with Gasteiger partial charge in [-0.3, -0.25) is 4.79 Å². The zero-order chi connectivity index (χ0) is 11.5. The Balaban J connectivity index is 2.31. The van der Waals surface area contributed by atoms with E-state index in [-0.39, 0.29) is 17.8 Å². The summed E-state index contributed by atoms with van der Waals surface area (Å²) in [6.07, 6.45) is 1.68. The predicted molar refractivity (Wildman–Crippen MR) is 61.8 cm³/mol. The second-order valence-electron chi connectivity index (χ2n) is 3.28. The average molecular weight is 283 g/mol. The van der Waals surface area contributed by atoms with Crippen molar-refractivity contribution in [2.24, 2.45) is 0 Å². The molecule has 0 fully saturated rings. The first kappa shape index (κ1) is 11.0. The number of aromatic nitrogens is 2. The zero-order valence-corrected chi connectivity index (χ0v) is 9.79. The van der Waals surface area contributed by atoms with Gasteiger partial charge < -0.3 is 4.98 Å². The minimum Gasteiger partial charge on any atom is -0.309 e. The van der Waals surface area contributed by atoms with Crippen molar-refractivity contribution in [2.75, 3.05) is 0 Å². The highest BCUT2D eigenvalue weighted by Gasteiger charge is 2.04. The van der Waals surface area contributed by atoms with E-state index in [0.29, 0.717) is 15.9 Å². The van der Waals surface area contributed by atoms with Crippen LogP contribution in [-0.2, 0) is 6.42 Å². The van der Waals surface area contributed by atoms with Crippen LogP contribution in [-0.4, -0.2) is 9.97 Å². The fraction of sp³-hybridized carbons (Fsp3) is 0.0909. The highest BCUT2D eigenvalue weighted by Crippen LogP contribution is 2.10. The maximum absolute atomic E-state index is 13.3. The smallest absolute Gasteiger partial charge is 0.265 e. The van der Waals surface area contributed by atoms with Crippen LogP contribution in [0.15, 0.2) is 39.7 Å². The lowest BCUT2D eigenvalue weighted by Gasteiger charge is -2.02. The maximum Gasteiger partial charge on any atom is 0.265 e. The minimum atomic E-state index is -0.298. The number of halogens is 2. The third-order valence-electron chi connectivity index (χ3n) is 2.12. The number of nitrogens with one attached hydrogen (secondary N) is 1. The Morgan fingerprint density at radius 3 is 2.81 bits per heavy atom. The molecule has 16 heavy (non-hydrogen) atoms. The summed E-state index contributed by atoms with van der Waals surface area (Å²) in [5.74, 6) is 0.145. The number of aromatic amines is 1. The molecule has 0 aliphatic carbocycles. The van der Waals surface area contributed by atoms with Crippen LogP contribution in [0.3, 0.4) is 0 Å². The standard InChI is InChI=1S/C11H8BrFN2O/c12-8-6-14-10(15-11(8)16)5-7-3-1-2-4-9(7)13/h1-4,6H,5H2,(H,14,15,16). The molecular weight excluding hydrogens is 275 g/mol. The Morgan fingerprint density at radius 2 is 2.12 bits per heavy atom. The summed E-state index contributed by atoms with van der Waals surface area (Å²) in [5, 5.41) is 0. The third kappa shape index (κ3) is 2.36. The van der Waals surface area contributed by atoms with Crippen LogP contribution in [0.1, 0.15) is 11.4 Å². The Hall–Kier alpha value is -1.49. The lowest BCUT2D eigenvalue weighted by Crippen LogP contribution is -2.12. The van der Waals surface area contributed by atoms with Gasteiger partial charge in [-0.25, -0.2) is 9.37 Å². The molecule has 1 aromatic carbocycles. The van der Waals surface area contributed by atoms with E-state index >= 15 is 0 Å². The monoisotopic (exact) mass is 282 g/mol. The number of hydrogen-bond acceptors (Lipinski definition) is 2. The van der Waals surface area contributed by atoms with Crippen LogP contribution >= 0.6 is 15.9 Å². The van der Waals surface area contributed by atoms with Gasteiger partial charge in [0.05, 0.1) is 0 Å². The fourth-order valence-electron chi connectivity index (χ4n) is 1.33. The lowest BCUT2D eigenvalue weighted by molar-refractivity contribution is 0.612. The number of rotatable bonds is 2. The predicted octanol–water partition coefficient (Wildman–Crippen LogP) is 2.26. The Morgan fingerprint density at radius 1 is 1.38 bits per heavy atom. The summed E-state index contributed by atoms with van der Waals surface area (Å²) in [6, 6.07) is 6.41. The van der Waals surface area contributed by atoms with Crippen molar-refractivity contribution < 1.29 is 4.39 Å². The molecule has 0 spiro atoms. The highest BCUT2D eigenvalue weighted by atomic mass is 79.9. The number of nitrogens with zero attached hydrogens (tertiary/aromatic N) is 1. The van der Waals surface area contributed by atoms with E-state index in [4.69, 9.17) is 0 Å². The van der Waals surface area contributed by atoms with Crippen LogP contribution < -0.4 is 5.56 Å². The van der Waals surface area contributed by atoms with E-state index in [2.05, 4.69) is 25.9 Å². The van der Waals surface area contributed by atoms with Crippen molar-refractivity contribution in [3.05, 3.63) is 62.5 Å². The number of hydrogen-bond donors (Lipinski definition) is 1. The maximum atomic E-state index is 13.3. The van der Waals surface area contributed by atoms with Crippen molar-refractivity contribution in [3.8, 4) is 0 Å². The minimum absolute atomic E-state index is 0.263. The third-order valence-corrected chi connectivity index (χ3v) is 2.69. The molecule has 0 aliphatic heterocycles.